The Morgan fingerprint density at radius 2 is 2.17 bits per heavy atom. The first kappa shape index (κ1) is 12.8. The van der Waals surface area contributed by atoms with Crippen molar-refractivity contribution in [1.82, 2.24) is 10.3 Å². The first-order chi connectivity index (χ1) is 8.63. The minimum absolute atomic E-state index is 0.139. The molecule has 18 heavy (non-hydrogen) atoms. The van der Waals surface area contributed by atoms with Crippen molar-refractivity contribution < 1.29 is 4.79 Å². The summed E-state index contributed by atoms with van der Waals surface area (Å²) in [6.45, 7) is 2.94. The van der Waals surface area contributed by atoms with E-state index in [-0.39, 0.29) is 11.3 Å². The van der Waals surface area contributed by atoms with Crippen molar-refractivity contribution >= 4 is 11.7 Å². The van der Waals surface area contributed by atoms with Crippen LogP contribution in [0.1, 0.15) is 43.1 Å². The summed E-state index contributed by atoms with van der Waals surface area (Å²) in [6.07, 6.45) is 4.89. The van der Waals surface area contributed by atoms with Crippen molar-refractivity contribution in [2.75, 3.05) is 12.0 Å². The zero-order valence-electron chi connectivity index (χ0n) is 10.7. The van der Waals surface area contributed by atoms with Crippen molar-refractivity contribution in [2.24, 2.45) is 11.3 Å². The van der Waals surface area contributed by atoms with E-state index < -0.39 is 0 Å². The number of rotatable bonds is 4. The molecule has 98 valence electrons. The number of aromatic nitrogens is 1. The third kappa shape index (κ3) is 2.98. The van der Waals surface area contributed by atoms with Crippen LogP contribution in [0.3, 0.4) is 0 Å². The fourth-order valence-corrected chi connectivity index (χ4v) is 2.43. The van der Waals surface area contributed by atoms with Gasteiger partial charge in [0.1, 0.15) is 11.5 Å². The Kier molecular flexibility index (Phi) is 3.81. The summed E-state index contributed by atoms with van der Waals surface area (Å²) in [4.78, 5) is 16.1. The lowest BCUT2D eigenvalue weighted by Crippen LogP contribution is -2.34. The van der Waals surface area contributed by atoms with Crippen LogP contribution in [0, 0.1) is 5.41 Å². The van der Waals surface area contributed by atoms with Crippen LogP contribution in [0.2, 0.25) is 0 Å². The van der Waals surface area contributed by atoms with Gasteiger partial charge in [0.15, 0.2) is 0 Å². The summed E-state index contributed by atoms with van der Waals surface area (Å²) in [5, 5.41) is 2.96. The topological polar surface area (TPSA) is 80.0 Å². The van der Waals surface area contributed by atoms with E-state index in [1.807, 2.05) is 0 Å². The maximum Gasteiger partial charge on any atom is 0.269 e. The number of carbonyl (C=O) groups excluding carboxylic acids is 1. The highest BCUT2D eigenvalue weighted by Crippen LogP contribution is 2.36. The Labute approximate surface area is 107 Å². The summed E-state index contributed by atoms with van der Waals surface area (Å²) >= 11 is 0. The van der Waals surface area contributed by atoms with E-state index in [0.29, 0.717) is 18.1 Å². The number of pyridine rings is 1. The quantitative estimate of drug-likeness (QED) is 0.559. The summed E-state index contributed by atoms with van der Waals surface area (Å²) in [5.41, 5.74) is 3.08. The number of nitrogen functional groups attached to an aromatic ring is 1. The highest BCUT2D eigenvalue weighted by Gasteiger charge is 2.29. The van der Waals surface area contributed by atoms with Gasteiger partial charge in [-0.15, -0.1) is 0 Å². The van der Waals surface area contributed by atoms with E-state index >= 15 is 0 Å². The highest BCUT2D eigenvalue weighted by atomic mass is 16.1. The second-order valence-corrected chi connectivity index (χ2v) is 5.25. The molecule has 1 aliphatic rings. The molecular weight excluding hydrogens is 228 g/mol. The average molecular weight is 248 g/mol. The first-order valence-electron chi connectivity index (χ1n) is 6.35. The number of nitrogens with two attached hydrogens (primary N) is 1. The number of carbonyl (C=O) groups is 1. The molecule has 4 N–H and O–H groups in total. The average Bonchev–Trinajstić information content (AvgIpc) is 2.83. The van der Waals surface area contributed by atoms with Crippen LogP contribution >= 0.6 is 0 Å². The van der Waals surface area contributed by atoms with Gasteiger partial charge >= 0.3 is 0 Å². The highest BCUT2D eigenvalue weighted by molar-refractivity contribution is 5.92. The van der Waals surface area contributed by atoms with Gasteiger partial charge in [-0.05, 0) is 30.4 Å². The molecule has 0 radical (unpaired) electrons. The standard InChI is InChI=1S/C13H20N4O/c1-13(7-2-3-8-13)9-15-12(18)10-5-4-6-11(16-10)17-14/h4-6H,2-3,7-9,14H2,1H3,(H,15,18)(H,16,17). The molecule has 0 saturated heterocycles. The predicted molar refractivity (Wildman–Crippen MR) is 71.0 cm³/mol. The molecule has 1 saturated carbocycles. The number of hydrogen-bond acceptors (Lipinski definition) is 4. The molecule has 1 heterocycles. The van der Waals surface area contributed by atoms with E-state index in [9.17, 15) is 4.79 Å². The fraction of sp³-hybridized carbons (Fsp3) is 0.538. The van der Waals surface area contributed by atoms with Gasteiger partial charge in [-0.25, -0.2) is 10.8 Å². The zero-order chi connectivity index (χ0) is 13.0. The third-order valence-corrected chi connectivity index (χ3v) is 3.62. The Bertz CT molecular complexity index is 427. The van der Waals surface area contributed by atoms with Gasteiger partial charge in [0, 0.05) is 6.54 Å². The second kappa shape index (κ2) is 5.35. The fourth-order valence-electron chi connectivity index (χ4n) is 2.43. The summed E-state index contributed by atoms with van der Waals surface area (Å²) in [5.74, 6) is 5.63. The normalized spacial score (nSPS) is 17.4. The molecule has 1 aromatic rings. The molecular formula is C13H20N4O. The lowest BCUT2D eigenvalue weighted by Gasteiger charge is -2.23. The molecule has 0 atom stereocenters. The van der Waals surface area contributed by atoms with Crippen LogP contribution in [-0.4, -0.2) is 17.4 Å². The molecule has 0 spiro atoms. The number of hydrogen-bond donors (Lipinski definition) is 3. The van der Waals surface area contributed by atoms with E-state index in [0.717, 1.165) is 0 Å². The molecule has 0 bridgehead atoms. The number of amides is 1. The lowest BCUT2D eigenvalue weighted by atomic mass is 9.89. The SMILES string of the molecule is CC1(CNC(=O)c2cccc(NN)n2)CCCC1. The molecule has 0 aromatic carbocycles. The summed E-state index contributed by atoms with van der Waals surface area (Å²) < 4.78 is 0. The van der Waals surface area contributed by atoms with Crippen LogP contribution < -0.4 is 16.6 Å². The molecule has 2 rings (SSSR count). The molecule has 5 heteroatoms. The Balaban J connectivity index is 1.94. The number of nitrogens with one attached hydrogen (secondary N) is 2. The van der Waals surface area contributed by atoms with E-state index in [4.69, 9.17) is 5.84 Å². The van der Waals surface area contributed by atoms with Crippen LogP contribution in [0.4, 0.5) is 5.82 Å². The van der Waals surface area contributed by atoms with E-state index in [2.05, 4.69) is 22.7 Å². The van der Waals surface area contributed by atoms with E-state index in [1.165, 1.54) is 25.7 Å². The molecule has 1 amide bonds. The van der Waals surface area contributed by atoms with Gasteiger partial charge in [0.05, 0.1) is 0 Å². The van der Waals surface area contributed by atoms with Crippen molar-refractivity contribution in [3.63, 3.8) is 0 Å². The largest absolute Gasteiger partial charge is 0.350 e. The lowest BCUT2D eigenvalue weighted by molar-refractivity contribution is 0.0929. The van der Waals surface area contributed by atoms with Crippen LogP contribution in [0.15, 0.2) is 18.2 Å². The second-order valence-electron chi connectivity index (χ2n) is 5.25. The molecule has 5 nitrogen and oxygen atoms in total. The van der Waals surface area contributed by atoms with E-state index in [1.54, 1.807) is 18.2 Å². The van der Waals surface area contributed by atoms with Gasteiger partial charge in [-0.2, -0.15) is 0 Å². The maximum atomic E-state index is 12.0. The van der Waals surface area contributed by atoms with Gasteiger partial charge in [-0.3, -0.25) is 4.79 Å². The molecule has 1 aliphatic carbocycles. The molecule has 0 unspecified atom stereocenters. The summed E-state index contributed by atoms with van der Waals surface area (Å²) in [6, 6.07) is 5.16. The Morgan fingerprint density at radius 3 is 2.83 bits per heavy atom. The predicted octanol–water partition coefficient (Wildman–Crippen LogP) is 1.68. The van der Waals surface area contributed by atoms with Crippen molar-refractivity contribution in [1.29, 1.82) is 0 Å². The minimum Gasteiger partial charge on any atom is -0.350 e. The van der Waals surface area contributed by atoms with Crippen molar-refractivity contribution in [3.8, 4) is 0 Å². The minimum atomic E-state index is -0.139. The Morgan fingerprint density at radius 1 is 1.44 bits per heavy atom. The van der Waals surface area contributed by atoms with Crippen LogP contribution in [0.25, 0.3) is 0 Å². The van der Waals surface area contributed by atoms with Gasteiger partial charge in [0.2, 0.25) is 0 Å². The number of nitrogens with zero attached hydrogens (tertiary/aromatic N) is 1. The maximum absolute atomic E-state index is 12.0. The van der Waals surface area contributed by atoms with Gasteiger partial charge < -0.3 is 10.7 Å². The van der Waals surface area contributed by atoms with Gasteiger partial charge in [-0.1, -0.05) is 25.8 Å². The number of anilines is 1. The molecule has 0 aliphatic heterocycles. The third-order valence-electron chi connectivity index (χ3n) is 3.62. The number of hydrazine groups is 1. The summed E-state index contributed by atoms with van der Waals surface area (Å²) in [7, 11) is 0. The zero-order valence-corrected chi connectivity index (χ0v) is 10.7. The van der Waals surface area contributed by atoms with Crippen molar-refractivity contribution in [3.05, 3.63) is 23.9 Å². The molecule has 1 aromatic heterocycles. The van der Waals surface area contributed by atoms with Gasteiger partial charge in [0.25, 0.3) is 5.91 Å². The van der Waals surface area contributed by atoms with Crippen molar-refractivity contribution in [2.45, 2.75) is 32.6 Å². The molecule has 1 fully saturated rings. The van der Waals surface area contributed by atoms with Crippen LogP contribution in [0.5, 0.6) is 0 Å². The first-order valence-corrected chi connectivity index (χ1v) is 6.35. The smallest absolute Gasteiger partial charge is 0.269 e. The monoisotopic (exact) mass is 248 g/mol. The Hall–Kier alpha value is -1.62. The van der Waals surface area contributed by atoms with Crippen LogP contribution in [-0.2, 0) is 0 Å².